The molecule has 118 valence electrons. The third-order valence-electron chi connectivity index (χ3n) is 3.52. The zero-order valence-corrected chi connectivity index (χ0v) is 14.6. The number of rotatable bonds is 4. The van der Waals surface area contributed by atoms with Crippen LogP contribution in [-0.2, 0) is 20.6 Å². The molecule has 4 nitrogen and oxygen atoms in total. The molecular weight excluding hydrogens is 385 g/mol. The molecule has 1 heterocycles. The summed E-state index contributed by atoms with van der Waals surface area (Å²) in [5.74, 6) is -0.873. The Morgan fingerprint density at radius 1 is 1.52 bits per heavy atom. The van der Waals surface area contributed by atoms with Crippen molar-refractivity contribution in [1.29, 1.82) is 0 Å². The first-order valence-corrected chi connectivity index (χ1v) is 9.23. The summed E-state index contributed by atoms with van der Waals surface area (Å²) >= 11 is 8.87. The van der Waals surface area contributed by atoms with Crippen molar-refractivity contribution in [3.05, 3.63) is 28.0 Å². The molecule has 1 aromatic rings. The molecule has 0 radical (unpaired) electrons. The van der Waals surface area contributed by atoms with E-state index in [2.05, 4.69) is 15.9 Å². The summed E-state index contributed by atoms with van der Waals surface area (Å²) in [6.45, 7) is 0.603. The topological polar surface area (TPSA) is 46.6 Å². The predicted molar refractivity (Wildman–Crippen MR) is 82.4 cm³/mol. The fraction of sp³-hybridized carbons (Fsp3) is 0.538. The van der Waals surface area contributed by atoms with Crippen LogP contribution in [0.2, 0.25) is 0 Å². The van der Waals surface area contributed by atoms with Crippen molar-refractivity contribution in [3.63, 3.8) is 0 Å². The standard InChI is InChI=1S/C13H16BrClFNO3S/c1-20-11-3-2-4-17(8-11)21(18,19)12-6-10(14)5-9(7-15)13(12)16/h5-6,11H,2-4,7-8H2,1H3. The first-order chi connectivity index (χ1) is 9.90. The minimum absolute atomic E-state index is 0.0888. The van der Waals surface area contributed by atoms with E-state index in [0.29, 0.717) is 17.4 Å². The number of hydrogen-bond acceptors (Lipinski definition) is 3. The molecule has 1 saturated heterocycles. The molecule has 1 aromatic carbocycles. The Balaban J connectivity index is 2.42. The number of benzene rings is 1. The van der Waals surface area contributed by atoms with E-state index in [0.717, 1.165) is 6.42 Å². The van der Waals surface area contributed by atoms with Gasteiger partial charge in [0.1, 0.15) is 10.7 Å². The molecule has 0 N–H and O–H groups in total. The Kier molecular flexibility index (Phi) is 5.65. The van der Waals surface area contributed by atoms with Gasteiger partial charge in [-0.05, 0) is 25.0 Å². The number of piperidine rings is 1. The molecule has 8 heteroatoms. The lowest BCUT2D eigenvalue weighted by Gasteiger charge is -2.31. The minimum Gasteiger partial charge on any atom is -0.380 e. The van der Waals surface area contributed by atoms with Crippen LogP contribution in [0.5, 0.6) is 0 Å². The number of halogens is 3. The molecule has 0 aliphatic carbocycles. The quantitative estimate of drug-likeness (QED) is 0.730. The molecule has 1 aliphatic heterocycles. The van der Waals surface area contributed by atoms with Crippen molar-refractivity contribution in [2.75, 3.05) is 20.2 Å². The van der Waals surface area contributed by atoms with Gasteiger partial charge in [0.05, 0.1) is 12.0 Å². The van der Waals surface area contributed by atoms with Crippen molar-refractivity contribution < 1.29 is 17.5 Å². The summed E-state index contributed by atoms with van der Waals surface area (Å²) in [4.78, 5) is -0.343. The number of hydrogen-bond donors (Lipinski definition) is 0. The zero-order valence-electron chi connectivity index (χ0n) is 11.5. The molecule has 1 aliphatic rings. The van der Waals surface area contributed by atoms with Gasteiger partial charge in [-0.1, -0.05) is 15.9 Å². The van der Waals surface area contributed by atoms with E-state index in [1.807, 2.05) is 0 Å². The van der Waals surface area contributed by atoms with Crippen molar-refractivity contribution >= 4 is 37.6 Å². The Hall–Kier alpha value is -0.210. The summed E-state index contributed by atoms with van der Waals surface area (Å²) in [5.41, 5.74) is 0.157. The average Bonchev–Trinajstić information content (AvgIpc) is 2.49. The highest BCUT2D eigenvalue weighted by atomic mass is 79.9. The third-order valence-corrected chi connectivity index (χ3v) is 6.13. The van der Waals surface area contributed by atoms with Gasteiger partial charge in [-0.2, -0.15) is 4.31 Å². The van der Waals surface area contributed by atoms with E-state index < -0.39 is 15.8 Å². The van der Waals surface area contributed by atoms with E-state index in [1.54, 1.807) is 7.11 Å². The van der Waals surface area contributed by atoms with Crippen LogP contribution >= 0.6 is 27.5 Å². The monoisotopic (exact) mass is 399 g/mol. The molecule has 2 rings (SSSR count). The molecule has 0 aromatic heterocycles. The number of ether oxygens (including phenoxy) is 1. The van der Waals surface area contributed by atoms with Crippen molar-refractivity contribution in [1.82, 2.24) is 4.31 Å². The molecule has 0 spiro atoms. The smallest absolute Gasteiger partial charge is 0.246 e. The van der Waals surface area contributed by atoms with Crippen LogP contribution in [0.15, 0.2) is 21.5 Å². The predicted octanol–water partition coefficient (Wildman–Crippen LogP) is 3.13. The SMILES string of the molecule is COC1CCCN(S(=O)(=O)c2cc(Br)cc(CCl)c2F)C1. The maximum Gasteiger partial charge on any atom is 0.246 e. The largest absolute Gasteiger partial charge is 0.380 e. The third kappa shape index (κ3) is 3.59. The lowest BCUT2D eigenvalue weighted by molar-refractivity contribution is 0.0571. The average molecular weight is 401 g/mol. The second-order valence-electron chi connectivity index (χ2n) is 4.87. The molecule has 0 saturated carbocycles. The number of methoxy groups -OCH3 is 1. The fourth-order valence-corrected chi connectivity index (χ4v) is 4.85. The van der Waals surface area contributed by atoms with Crippen LogP contribution in [0.3, 0.4) is 0 Å². The van der Waals surface area contributed by atoms with Crippen LogP contribution in [-0.4, -0.2) is 39.0 Å². The minimum atomic E-state index is -3.90. The van der Waals surface area contributed by atoms with Gasteiger partial charge in [0.2, 0.25) is 10.0 Å². The van der Waals surface area contributed by atoms with E-state index in [-0.39, 0.29) is 29.0 Å². The van der Waals surface area contributed by atoms with Gasteiger partial charge < -0.3 is 4.74 Å². The van der Waals surface area contributed by atoms with E-state index in [1.165, 1.54) is 16.4 Å². The normalized spacial score (nSPS) is 20.7. The zero-order chi connectivity index (χ0) is 15.6. The first kappa shape index (κ1) is 17.1. The van der Waals surface area contributed by atoms with E-state index in [4.69, 9.17) is 16.3 Å². The molecule has 1 fully saturated rings. The first-order valence-electron chi connectivity index (χ1n) is 6.47. The molecule has 0 amide bonds. The van der Waals surface area contributed by atoms with Gasteiger partial charge in [0.15, 0.2) is 0 Å². The summed E-state index contributed by atoms with van der Waals surface area (Å²) in [6, 6.07) is 2.76. The molecule has 21 heavy (non-hydrogen) atoms. The second-order valence-corrected chi connectivity index (χ2v) is 7.96. The van der Waals surface area contributed by atoms with Crippen LogP contribution in [0, 0.1) is 5.82 Å². The summed E-state index contributed by atoms with van der Waals surface area (Å²) < 4.78 is 46.6. The summed E-state index contributed by atoms with van der Waals surface area (Å²) in [5, 5.41) is 0. The Morgan fingerprint density at radius 3 is 2.86 bits per heavy atom. The lowest BCUT2D eigenvalue weighted by Crippen LogP contribution is -2.43. The molecule has 1 atom stereocenters. The Morgan fingerprint density at radius 2 is 2.24 bits per heavy atom. The van der Waals surface area contributed by atoms with Gasteiger partial charge in [0, 0.05) is 30.2 Å². The highest BCUT2D eigenvalue weighted by Gasteiger charge is 2.33. The van der Waals surface area contributed by atoms with Gasteiger partial charge in [0.25, 0.3) is 0 Å². The van der Waals surface area contributed by atoms with Crippen LogP contribution in [0.1, 0.15) is 18.4 Å². The van der Waals surface area contributed by atoms with Gasteiger partial charge >= 0.3 is 0 Å². The van der Waals surface area contributed by atoms with Crippen molar-refractivity contribution in [2.45, 2.75) is 29.7 Å². The maximum absolute atomic E-state index is 14.3. The molecular formula is C13H16BrClFNO3S. The molecule has 1 unspecified atom stereocenters. The maximum atomic E-state index is 14.3. The summed E-state index contributed by atoms with van der Waals surface area (Å²) in [6.07, 6.45) is 1.34. The van der Waals surface area contributed by atoms with E-state index >= 15 is 0 Å². The lowest BCUT2D eigenvalue weighted by atomic mass is 10.1. The van der Waals surface area contributed by atoms with Gasteiger partial charge in [-0.15, -0.1) is 11.6 Å². The van der Waals surface area contributed by atoms with Crippen LogP contribution in [0.25, 0.3) is 0 Å². The summed E-state index contributed by atoms with van der Waals surface area (Å²) in [7, 11) is -2.35. The van der Waals surface area contributed by atoms with Gasteiger partial charge in [-0.25, -0.2) is 12.8 Å². The van der Waals surface area contributed by atoms with Crippen molar-refractivity contribution in [2.24, 2.45) is 0 Å². The highest BCUT2D eigenvalue weighted by Crippen LogP contribution is 2.29. The van der Waals surface area contributed by atoms with Crippen LogP contribution < -0.4 is 0 Å². The fourth-order valence-electron chi connectivity index (χ4n) is 2.36. The van der Waals surface area contributed by atoms with E-state index in [9.17, 15) is 12.8 Å². The van der Waals surface area contributed by atoms with Crippen molar-refractivity contribution in [3.8, 4) is 0 Å². The molecule has 0 bridgehead atoms. The Bertz CT molecular complexity index is 626. The second kappa shape index (κ2) is 6.91. The van der Waals surface area contributed by atoms with Crippen LogP contribution in [0.4, 0.5) is 4.39 Å². The Labute approximate surface area is 137 Å². The highest BCUT2D eigenvalue weighted by molar-refractivity contribution is 9.10. The number of alkyl halides is 1. The number of nitrogens with zero attached hydrogens (tertiary/aromatic N) is 1. The van der Waals surface area contributed by atoms with Gasteiger partial charge in [-0.3, -0.25) is 0 Å². The number of sulfonamides is 1.